The molecule has 0 saturated carbocycles. The molecule has 0 unspecified atom stereocenters. The lowest BCUT2D eigenvalue weighted by molar-refractivity contribution is 0.0534. The molecule has 1 aliphatic carbocycles. The van der Waals surface area contributed by atoms with Crippen molar-refractivity contribution in [2.45, 2.75) is 72.6 Å². The van der Waals surface area contributed by atoms with Gasteiger partial charge < -0.3 is 9.64 Å². The van der Waals surface area contributed by atoms with E-state index in [-0.39, 0.29) is 24.3 Å². The Bertz CT molecular complexity index is 313. The second-order valence-corrected chi connectivity index (χ2v) is 6.39. The molecule has 1 rings (SSSR count). The van der Waals surface area contributed by atoms with Crippen LogP contribution in [-0.2, 0) is 4.74 Å². The molecule has 1 amide bonds. The molecule has 110 valence electrons. The van der Waals surface area contributed by atoms with Crippen LogP contribution < -0.4 is 0 Å². The first kappa shape index (κ1) is 16.1. The average molecular weight is 267 g/mol. The molecule has 0 aromatic carbocycles. The molecule has 0 spiro atoms. The maximum Gasteiger partial charge on any atom is 0.410 e. The Balaban J connectivity index is 2.56. The number of carbonyl (C=O) groups is 1. The fraction of sp³-hybridized carbons (Fsp3) is 0.812. The zero-order valence-corrected chi connectivity index (χ0v) is 13.2. The average Bonchev–Trinajstić information content (AvgIpc) is 2.28. The van der Waals surface area contributed by atoms with Gasteiger partial charge in [0.15, 0.2) is 0 Å². The first-order valence-electron chi connectivity index (χ1n) is 7.50. The Morgan fingerprint density at radius 2 is 1.63 bits per heavy atom. The molecule has 0 aromatic heterocycles. The maximum absolute atomic E-state index is 12.2. The molecule has 3 nitrogen and oxygen atoms in total. The summed E-state index contributed by atoms with van der Waals surface area (Å²) in [5.41, 5.74) is 0. The van der Waals surface area contributed by atoms with Crippen molar-refractivity contribution in [3.05, 3.63) is 12.2 Å². The number of nitrogens with zero attached hydrogens (tertiary/aromatic N) is 1. The van der Waals surface area contributed by atoms with Crippen LogP contribution in [0.1, 0.15) is 54.4 Å². The van der Waals surface area contributed by atoms with Gasteiger partial charge >= 0.3 is 6.09 Å². The molecule has 2 atom stereocenters. The van der Waals surface area contributed by atoms with Crippen molar-refractivity contribution < 1.29 is 9.53 Å². The molecule has 1 aliphatic rings. The summed E-state index contributed by atoms with van der Waals surface area (Å²) in [5, 5.41) is 0. The van der Waals surface area contributed by atoms with Crippen molar-refractivity contribution in [3.63, 3.8) is 0 Å². The highest BCUT2D eigenvalue weighted by atomic mass is 16.6. The third-order valence-corrected chi connectivity index (χ3v) is 3.79. The largest absolute Gasteiger partial charge is 0.442 e. The number of allylic oxidation sites excluding steroid dienone is 1. The lowest BCUT2D eigenvalue weighted by Crippen LogP contribution is -2.43. The van der Waals surface area contributed by atoms with Crippen LogP contribution in [0, 0.1) is 11.8 Å². The van der Waals surface area contributed by atoms with Crippen LogP contribution in [0.2, 0.25) is 0 Å². The number of rotatable bonds is 4. The van der Waals surface area contributed by atoms with Crippen molar-refractivity contribution in [1.29, 1.82) is 0 Å². The van der Waals surface area contributed by atoms with Crippen LogP contribution in [0.5, 0.6) is 0 Å². The van der Waals surface area contributed by atoms with Gasteiger partial charge in [0.2, 0.25) is 0 Å². The highest BCUT2D eigenvalue weighted by Gasteiger charge is 2.26. The molecule has 3 heteroatoms. The van der Waals surface area contributed by atoms with Gasteiger partial charge in [-0.3, -0.25) is 0 Å². The van der Waals surface area contributed by atoms with E-state index in [4.69, 9.17) is 4.74 Å². The number of hydrogen-bond acceptors (Lipinski definition) is 2. The van der Waals surface area contributed by atoms with E-state index < -0.39 is 0 Å². The van der Waals surface area contributed by atoms with E-state index >= 15 is 0 Å². The second-order valence-electron chi connectivity index (χ2n) is 6.39. The molecular weight excluding hydrogens is 238 g/mol. The Morgan fingerprint density at radius 1 is 1.05 bits per heavy atom. The number of ether oxygens (including phenoxy) is 1. The molecule has 0 bridgehead atoms. The zero-order valence-electron chi connectivity index (χ0n) is 13.2. The van der Waals surface area contributed by atoms with Gasteiger partial charge in [-0.15, -0.1) is 0 Å². The highest BCUT2D eigenvalue weighted by molar-refractivity contribution is 5.68. The van der Waals surface area contributed by atoms with Crippen LogP contribution in [0.4, 0.5) is 4.79 Å². The lowest BCUT2D eigenvalue weighted by atomic mass is 9.86. The number of hydrogen-bond donors (Lipinski definition) is 0. The van der Waals surface area contributed by atoms with Gasteiger partial charge in [-0.25, -0.2) is 4.79 Å². The Hall–Kier alpha value is -0.990. The van der Waals surface area contributed by atoms with Gasteiger partial charge in [0.05, 0.1) is 0 Å². The normalized spacial score (nSPS) is 23.2. The van der Waals surface area contributed by atoms with Gasteiger partial charge in [-0.1, -0.05) is 19.9 Å². The van der Waals surface area contributed by atoms with Crippen LogP contribution in [-0.4, -0.2) is 29.2 Å². The first-order chi connectivity index (χ1) is 8.82. The Kier molecular flexibility index (Phi) is 5.89. The summed E-state index contributed by atoms with van der Waals surface area (Å²) >= 11 is 0. The smallest absolute Gasteiger partial charge is 0.410 e. The van der Waals surface area contributed by atoms with E-state index in [9.17, 15) is 4.79 Å². The summed E-state index contributed by atoms with van der Waals surface area (Å²) < 4.78 is 5.60. The lowest BCUT2D eigenvalue weighted by Gasteiger charge is -2.32. The molecule has 0 fully saturated rings. The standard InChI is InChI=1S/C16H29NO2/c1-11(2)14-7-9-15(10-8-14)19-16(18)17(12(3)4)13(5)6/h7,9,11-15H,8,10H2,1-6H3/t14-,15-/m0/s1. The Labute approximate surface area is 118 Å². The third-order valence-electron chi connectivity index (χ3n) is 3.79. The molecule has 0 N–H and O–H groups in total. The van der Waals surface area contributed by atoms with E-state index in [0.717, 1.165) is 12.8 Å². The third kappa shape index (κ3) is 4.55. The van der Waals surface area contributed by atoms with Crippen LogP contribution in [0.15, 0.2) is 12.2 Å². The van der Waals surface area contributed by atoms with Crippen molar-refractivity contribution in [1.82, 2.24) is 4.90 Å². The minimum atomic E-state index is -0.192. The van der Waals surface area contributed by atoms with Crippen molar-refractivity contribution in [2.24, 2.45) is 11.8 Å². The zero-order chi connectivity index (χ0) is 14.6. The topological polar surface area (TPSA) is 29.5 Å². The SMILES string of the molecule is CC(C)[C@H]1C=C[C@H](OC(=O)N(C(C)C)C(C)C)CC1. The van der Waals surface area contributed by atoms with Crippen molar-refractivity contribution in [3.8, 4) is 0 Å². The molecular formula is C16H29NO2. The van der Waals surface area contributed by atoms with Gasteiger partial charge in [0.25, 0.3) is 0 Å². The predicted molar refractivity (Wildman–Crippen MR) is 79.1 cm³/mol. The summed E-state index contributed by atoms with van der Waals surface area (Å²) in [6.45, 7) is 12.6. The molecule has 19 heavy (non-hydrogen) atoms. The minimum absolute atomic E-state index is 0.0532. The van der Waals surface area contributed by atoms with Crippen LogP contribution >= 0.6 is 0 Å². The molecule has 0 aromatic rings. The number of carbonyl (C=O) groups excluding carboxylic acids is 1. The van der Waals surface area contributed by atoms with E-state index in [1.54, 1.807) is 4.90 Å². The maximum atomic E-state index is 12.2. The van der Waals surface area contributed by atoms with E-state index in [1.807, 2.05) is 27.7 Å². The summed E-state index contributed by atoms with van der Waals surface area (Å²) in [6.07, 6.45) is 6.07. The molecule has 0 heterocycles. The summed E-state index contributed by atoms with van der Waals surface area (Å²) in [5.74, 6) is 1.29. The van der Waals surface area contributed by atoms with Gasteiger partial charge in [0.1, 0.15) is 6.10 Å². The van der Waals surface area contributed by atoms with E-state index in [2.05, 4.69) is 26.0 Å². The van der Waals surface area contributed by atoms with E-state index in [0.29, 0.717) is 11.8 Å². The predicted octanol–water partition coefficient (Wildman–Crippen LogP) is 4.23. The van der Waals surface area contributed by atoms with Crippen LogP contribution in [0.25, 0.3) is 0 Å². The van der Waals surface area contributed by atoms with Crippen molar-refractivity contribution >= 4 is 6.09 Å². The van der Waals surface area contributed by atoms with Gasteiger partial charge in [0, 0.05) is 12.1 Å². The monoisotopic (exact) mass is 267 g/mol. The Morgan fingerprint density at radius 3 is 2.00 bits per heavy atom. The summed E-state index contributed by atoms with van der Waals surface area (Å²) in [4.78, 5) is 14.0. The van der Waals surface area contributed by atoms with Crippen molar-refractivity contribution in [2.75, 3.05) is 0 Å². The van der Waals surface area contributed by atoms with E-state index in [1.165, 1.54) is 0 Å². The molecule has 0 saturated heterocycles. The quantitative estimate of drug-likeness (QED) is 0.713. The fourth-order valence-corrected chi connectivity index (χ4v) is 2.68. The summed E-state index contributed by atoms with van der Waals surface area (Å²) in [7, 11) is 0. The number of amides is 1. The minimum Gasteiger partial charge on any atom is -0.442 e. The first-order valence-corrected chi connectivity index (χ1v) is 7.50. The fourth-order valence-electron chi connectivity index (χ4n) is 2.68. The highest BCUT2D eigenvalue weighted by Crippen LogP contribution is 2.26. The van der Waals surface area contributed by atoms with Crippen LogP contribution in [0.3, 0.4) is 0 Å². The van der Waals surface area contributed by atoms with Gasteiger partial charge in [-0.2, -0.15) is 0 Å². The molecule has 0 aliphatic heterocycles. The summed E-state index contributed by atoms with van der Waals surface area (Å²) in [6, 6.07) is 0.340. The molecule has 0 radical (unpaired) electrons. The second kappa shape index (κ2) is 6.97. The van der Waals surface area contributed by atoms with Gasteiger partial charge in [-0.05, 0) is 58.4 Å².